The number of aryl methyl sites for hydroxylation is 1. The van der Waals surface area contributed by atoms with E-state index in [4.69, 9.17) is 14.2 Å². The monoisotopic (exact) mass is 331 g/mol. The summed E-state index contributed by atoms with van der Waals surface area (Å²) in [4.78, 5) is 12.3. The van der Waals surface area contributed by atoms with Crippen molar-refractivity contribution in [2.75, 3.05) is 27.4 Å². The molecule has 0 radical (unpaired) electrons. The Kier molecular flexibility index (Phi) is 4.88. The van der Waals surface area contributed by atoms with Crippen molar-refractivity contribution in [3.63, 3.8) is 0 Å². The molecule has 0 unspecified atom stereocenters. The van der Waals surface area contributed by atoms with Crippen LogP contribution in [0.2, 0.25) is 0 Å². The zero-order chi connectivity index (χ0) is 16.9. The standard InChI is InChI=1S/C17H21N3O4/c1-22-14-5-4-12(10-15(14)23-2)6-7-18-16(21)13-11-19-20-8-3-9-24-17(13)20/h4-5,10-11H,3,6-9H2,1-2H3,(H,18,21). The molecular weight excluding hydrogens is 310 g/mol. The summed E-state index contributed by atoms with van der Waals surface area (Å²) in [5.41, 5.74) is 1.54. The van der Waals surface area contributed by atoms with Gasteiger partial charge in [0, 0.05) is 19.5 Å². The number of amides is 1. The Labute approximate surface area is 140 Å². The molecule has 7 heteroatoms. The summed E-state index contributed by atoms with van der Waals surface area (Å²) in [5, 5.41) is 7.09. The zero-order valence-electron chi connectivity index (χ0n) is 13.9. The van der Waals surface area contributed by atoms with Crippen LogP contribution in [0.15, 0.2) is 24.4 Å². The van der Waals surface area contributed by atoms with Gasteiger partial charge in [0.05, 0.1) is 27.0 Å². The average molecular weight is 331 g/mol. The summed E-state index contributed by atoms with van der Waals surface area (Å²) < 4.78 is 17.8. The lowest BCUT2D eigenvalue weighted by Gasteiger charge is -2.15. The maximum Gasteiger partial charge on any atom is 0.258 e. The number of rotatable bonds is 6. The predicted molar refractivity (Wildman–Crippen MR) is 87.9 cm³/mol. The normalized spacial score (nSPS) is 12.9. The number of nitrogens with one attached hydrogen (secondary N) is 1. The van der Waals surface area contributed by atoms with E-state index in [-0.39, 0.29) is 5.91 Å². The molecule has 0 fully saturated rings. The van der Waals surface area contributed by atoms with Gasteiger partial charge in [-0.05, 0) is 24.1 Å². The summed E-state index contributed by atoms with van der Waals surface area (Å²) in [6.07, 6.45) is 3.16. The third kappa shape index (κ3) is 3.29. The van der Waals surface area contributed by atoms with E-state index >= 15 is 0 Å². The summed E-state index contributed by atoms with van der Waals surface area (Å²) in [7, 11) is 3.21. The van der Waals surface area contributed by atoms with Crippen LogP contribution < -0.4 is 19.5 Å². The molecule has 0 saturated carbocycles. The molecule has 3 rings (SSSR count). The first-order valence-corrected chi connectivity index (χ1v) is 7.90. The van der Waals surface area contributed by atoms with Crippen LogP contribution in [0.5, 0.6) is 17.4 Å². The first kappa shape index (κ1) is 16.2. The molecule has 0 bridgehead atoms. The SMILES string of the molecule is COc1ccc(CCNC(=O)c2cnn3c2OCCC3)cc1OC. The number of ether oxygens (including phenoxy) is 3. The molecule has 1 N–H and O–H groups in total. The van der Waals surface area contributed by atoms with Gasteiger partial charge in [0.25, 0.3) is 5.91 Å². The van der Waals surface area contributed by atoms with E-state index in [1.54, 1.807) is 25.1 Å². The van der Waals surface area contributed by atoms with Crippen molar-refractivity contribution in [2.24, 2.45) is 0 Å². The number of methoxy groups -OCH3 is 2. The second kappa shape index (κ2) is 7.25. The number of hydrogen-bond donors (Lipinski definition) is 1. The second-order valence-electron chi connectivity index (χ2n) is 5.48. The molecule has 2 aromatic rings. The predicted octanol–water partition coefficient (Wildman–Crippen LogP) is 1.66. The minimum absolute atomic E-state index is 0.168. The van der Waals surface area contributed by atoms with Crippen molar-refractivity contribution in [1.29, 1.82) is 0 Å². The molecular formula is C17H21N3O4. The fourth-order valence-electron chi connectivity index (χ4n) is 2.68. The Balaban J connectivity index is 1.58. The van der Waals surface area contributed by atoms with E-state index in [0.717, 1.165) is 18.5 Å². The molecule has 0 spiro atoms. The van der Waals surface area contributed by atoms with E-state index < -0.39 is 0 Å². The largest absolute Gasteiger partial charge is 0.493 e. The number of carbonyl (C=O) groups excluding carboxylic acids is 1. The van der Waals surface area contributed by atoms with Gasteiger partial charge in [0.1, 0.15) is 5.56 Å². The van der Waals surface area contributed by atoms with Crippen LogP contribution in [-0.4, -0.2) is 43.1 Å². The Morgan fingerprint density at radius 2 is 2.17 bits per heavy atom. The molecule has 128 valence electrons. The van der Waals surface area contributed by atoms with Crippen LogP contribution in [-0.2, 0) is 13.0 Å². The number of carbonyl (C=O) groups is 1. The van der Waals surface area contributed by atoms with Crippen LogP contribution in [0.1, 0.15) is 22.3 Å². The topological polar surface area (TPSA) is 74.6 Å². The van der Waals surface area contributed by atoms with Gasteiger partial charge in [0.2, 0.25) is 5.88 Å². The van der Waals surface area contributed by atoms with Crippen molar-refractivity contribution in [1.82, 2.24) is 15.1 Å². The van der Waals surface area contributed by atoms with Gasteiger partial charge in [-0.1, -0.05) is 6.07 Å². The number of hydrogen-bond acceptors (Lipinski definition) is 5. The first-order valence-electron chi connectivity index (χ1n) is 7.90. The number of aromatic nitrogens is 2. The van der Waals surface area contributed by atoms with Gasteiger partial charge in [0.15, 0.2) is 11.5 Å². The van der Waals surface area contributed by atoms with Crippen molar-refractivity contribution in [3.8, 4) is 17.4 Å². The second-order valence-corrected chi connectivity index (χ2v) is 5.48. The van der Waals surface area contributed by atoms with Crippen LogP contribution in [0, 0.1) is 0 Å². The Morgan fingerprint density at radius 3 is 2.96 bits per heavy atom. The van der Waals surface area contributed by atoms with E-state index in [1.807, 2.05) is 18.2 Å². The highest BCUT2D eigenvalue weighted by Gasteiger charge is 2.21. The molecule has 1 aromatic carbocycles. The highest BCUT2D eigenvalue weighted by molar-refractivity contribution is 5.96. The molecule has 1 aliphatic heterocycles. The van der Waals surface area contributed by atoms with E-state index in [0.29, 0.717) is 42.5 Å². The lowest BCUT2D eigenvalue weighted by Crippen LogP contribution is -2.26. The van der Waals surface area contributed by atoms with Gasteiger partial charge in [-0.3, -0.25) is 4.79 Å². The summed E-state index contributed by atoms with van der Waals surface area (Å²) in [6.45, 7) is 1.92. The fourth-order valence-corrected chi connectivity index (χ4v) is 2.68. The average Bonchev–Trinajstić information content (AvgIpc) is 3.05. The number of nitrogens with zero attached hydrogens (tertiary/aromatic N) is 2. The fraction of sp³-hybridized carbons (Fsp3) is 0.412. The van der Waals surface area contributed by atoms with Crippen molar-refractivity contribution >= 4 is 5.91 Å². The van der Waals surface area contributed by atoms with Crippen LogP contribution in [0.3, 0.4) is 0 Å². The third-order valence-corrected chi connectivity index (χ3v) is 3.94. The smallest absolute Gasteiger partial charge is 0.258 e. The van der Waals surface area contributed by atoms with Crippen molar-refractivity contribution in [3.05, 3.63) is 35.5 Å². The maximum atomic E-state index is 12.3. The number of fused-ring (bicyclic) bond motifs is 1. The summed E-state index contributed by atoms with van der Waals surface area (Å²) in [5.74, 6) is 1.76. The lowest BCUT2D eigenvalue weighted by molar-refractivity contribution is 0.0947. The molecule has 0 saturated heterocycles. The summed E-state index contributed by atoms with van der Waals surface area (Å²) >= 11 is 0. The summed E-state index contributed by atoms with van der Waals surface area (Å²) in [6, 6.07) is 5.73. The van der Waals surface area contributed by atoms with Crippen LogP contribution in [0.25, 0.3) is 0 Å². The molecule has 1 aromatic heterocycles. The van der Waals surface area contributed by atoms with E-state index in [2.05, 4.69) is 10.4 Å². The van der Waals surface area contributed by atoms with E-state index in [9.17, 15) is 4.79 Å². The molecule has 24 heavy (non-hydrogen) atoms. The van der Waals surface area contributed by atoms with Gasteiger partial charge in [-0.25, -0.2) is 4.68 Å². The van der Waals surface area contributed by atoms with Crippen LogP contribution in [0.4, 0.5) is 0 Å². The minimum Gasteiger partial charge on any atom is -0.493 e. The van der Waals surface area contributed by atoms with Gasteiger partial charge in [-0.15, -0.1) is 0 Å². The lowest BCUT2D eigenvalue weighted by atomic mass is 10.1. The Bertz CT molecular complexity index is 727. The molecule has 2 heterocycles. The molecule has 0 atom stereocenters. The molecule has 7 nitrogen and oxygen atoms in total. The molecule has 1 aliphatic rings. The highest BCUT2D eigenvalue weighted by atomic mass is 16.5. The van der Waals surface area contributed by atoms with E-state index in [1.165, 1.54) is 0 Å². The molecule has 0 aliphatic carbocycles. The maximum absolute atomic E-state index is 12.3. The van der Waals surface area contributed by atoms with Gasteiger partial charge in [-0.2, -0.15) is 5.10 Å². The highest BCUT2D eigenvalue weighted by Crippen LogP contribution is 2.27. The Hall–Kier alpha value is -2.70. The van der Waals surface area contributed by atoms with Gasteiger partial charge < -0.3 is 19.5 Å². The molecule has 1 amide bonds. The van der Waals surface area contributed by atoms with Crippen LogP contribution >= 0.6 is 0 Å². The quantitative estimate of drug-likeness (QED) is 0.871. The zero-order valence-corrected chi connectivity index (χ0v) is 13.9. The third-order valence-electron chi connectivity index (χ3n) is 3.94. The minimum atomic E-state index is -0.168. The first-order chi connectivity index (χ1) is 11.7. The Morgan fingerprint density at radius 1 is 1.33 bits per heavy atom. The van der Waals surface area contributed by atoms with Crippen molar-refractivity contribution in [2.45, 2.75) is 19.4 Å². The van der Waals surface area contributed by atoms with Gasteiger partial charge >= 0.3 is 0 Å². The number of benzene rings is 1. The van der Waals surface area contributed by atoms with Crippen molar-refractivity contribution < 1.29 is 19.0 Å².